The number of imidazole rings is 1. The second-order valence-electron chi connectivity index (χ2n) is 5.74. The molecule has 2 nitrogen and oxygen atoms in total. The van der Waals surface area contributed by atoms with E-state index in [1.165, 1.54) is 17.0 Å². The molecule has 3 rings (SSSR count). The van der Waals surface area contributed by atoms with Crippen molar-refractivity contribution in [3.63, 3.8) is 0 Å². The maximum atomic E-state index is 6.09. The van der Waals surface area contributed by atoms with Gasteiger partial charge in [-0.3, -0.25) is 0 Å². The largest absolute Gasteiger partial charge is 0.348 e. The van der Waals surface area contributed by atoms with Crippen molar-refractivity contribution in [1.29, 1.82) is 0 Å². The highest BCUT2D eigenvalue weighted by Gasteiger charge is 2.60. The Hall–Kier alpha value is -1.28. The summed E-state index contributed by atoms with van der Waals surface area (Å²) in [5.74, 6) is 1.00. The fraction of sp³-hybridized carbons (Fsp3) is 0.400. The van der Waals surface area contributed by atoms with Gasteiger partial charge in [-0.25, -0.2) is 4.98 Å². The molecule has 1 aliphatic rings. The second-order valence-corrected chi connectivity index (χ2v) is 6.18. The summed E-state index contributed by atoms with van der Waals surface area (Å²) < 4.78 is 0. The third-order valence-electron chi connectivity index (χ3n) is 4.20. The van der Waals surface area contributed by atoms with Crippen molar-refractivity contribution in [2.45, 2.75) is 32.6 Å². The topological polar surface area (TPSA) is 28.7 Å². The standard InChI is InChI=1S/C15H17ClN2/c1-9-14(18-8-17-9)13-12(15(13,2)3)10-5-4-6-11(16)7-10/h4-8,12-13H,1-3H3,(H,17,18). The molecular formula is C15H17ClN2. The lowest BCUT2D eigenvalue weighted by atomic mass is 10.0. The van der Waals surface area contributed by atoms with Crippen LogP contribution in [0.4, 0.5) is 0 Å². The normalized spacial score (nSPS) is 25.1. The molecule has 94 valence electrons. The van der Waals surface area contributed by atoms with Gasteiger partial charge in [-0.15, -0.1) is 0 Å². The van der Waals surface area contributed by atoms with E-state index >= 15 is 0 Å². The van der Waals surface area contributed by atoms with E-state index < -0.39 is 0 Å². The fourth-order valence-electron chi connectivity index (χ4n) is 3.15. The molecule has 1 aliphatic carbocycles. The van der Waals surface area contributed by atoms with Gasteiger partial charge in [0.25, 0.3) is 0 Å². The number of aryl methyl sites for hydroxylation is 1. The van der Waals surface area contributed by atoms with Gasteiger partial charge in [0.15, 0.2) is 0 Å². The lowest BCUT2D eigenvalue weighted by Crippen LogP contribution is -1.92. The molecule has 1 aromatic heterocycles. The van der Waals surface area contributed by atoms with Gasteiger partial charge < -0.3 is 4.98 Å². The minimum atomic E-state index is 0.255. The average molecular weight is 261 g/mol. The van der Waals surface area contributed by atoms with Crippen molar-refractivity contribution in [1.82, 2.24) is 9.97 Å². The SMILES string of the molecule is Cc1[nH]cnc1C1C(c2cccc(Cl)c2)C1(C)C. The Morgan fingerprint density at radius 1 is 1.28 bits per heavy atom. The van der Waals surface area contributed by atoms with Crippen molar-refractivity contribution in [3.8, 4) is 0 Å². The Morgan fingerprint density at radius 3 is 2.67 bits per heavy atom. The van der Waals surface area contributed by atoms with Gasteiger partial charge >= 0.3 is 0 Å². The first-order valence-electron chi connectivity index (χ1n) is 6.27. The second kappa shape index (κ2) is 3.86. The van der Waals surface area contributed by atoms with Crippen LogP contribution in [0.15, 0.2) is 30.6 Å². The van der Waals surface area contributed by atoms with Crippen molar-refractivity contribution >= 4 is 11.6 Å². The number of aromatic amines is 1. The van der Waals surface area contributed by atoms with E-state index in [9.17, 15) is 0 Å². The molecule has 0 saturated heterocycles. The third-order valence-corrected chi connectivity index (χ3v) is 4.43. The van der Waals surface area contributed by atoms with E-state index in [2.05, 4.69) is 42.9 Å². The number of aromatic nitrogens is 2. The molecule has 0 bridgehead atoms. The van der Waals surface area contributed by atoms with E-state index in [1.54, 1.807) is 6.33 Å². The number of benzene rings is 1. The molecule has 1 heterocycles. The summed E-state index contributed by atoms with van der Waals surface area (Å²) in [6, 6.07) is 8.20. The van der Waals surface area contributed by atoms with Gasteiger partial charge in [-0.05, 0) is 36.0 Å². The van der Waals surface area contributed by atoms with Gasteiger partial charge in [-0.1, -0.05) is 37.6 Å². The third kappa shape index (κ3) is 1.67. The zero-order valence-corrected chi connectivity index (χ0v) is 11.6. The number of halogens is 1. The monoisotopic (exact) mass is 260 g/mol. The first-order valence-corrected chi connectivity index (χ1v) is 6.65. The van der Waals surface area contributed by atoms with Crippen molar-refractivity contribution in [2.24, 2.45) is 5.41 Å². The Bertz CT molecular complexity index is 586. The molecule has 0 amide bonds. The van der Waals surface area contributed by atoms with Crippen LogP contribution in [-0.2, 0) is 0 Å². The zero-order chi connectivity index (χ0) is 12.9. The molecule has 0 aliphatic heterocycles. The van der Waals surface area contributed by atoms with Gasteiger partial charge in [0.1, 0.15) is 0 Å². The van der Waals surface area contributed by atoms with Crippen molar-refractivity contribution in [3.05, 3.63) is 52.6 Å². The summed E-state index contributed by atoms with van der Waals surface area (Å²) in [6.07, 6.45) is 1.79. The summed E-state index contributed by atoms with van der Waals surface area (Å²) >= 11 is 6.09. The maximum Gasteiger partial charge on any atom is 0.0925 e. The van der Waals surface area contributed by atoms with E-state index in [-0.39, 0.29) is 5.41 Å². The quantitative estimate of drug-likeness (QED) is 0.858. The van der Waals surface area contributed by atoms with Gasteiger partial charge in [0, 0.05) is 16.6 Å². The first kappa shape index (κ1) is 11.8. The van der Waals surface area contributed by atoms with E-state index in [1.807, 2.05) is 12.1 Å². The predicted octanol–water partition coefficient (Wildman–Crippen LogP) is 4.28. The highest BCUT2D eigenvalue weighted by atomic mass is 35.5. The lowest BCUT2D eigenvalue weighted by molar-refractivity contribution is 0.597. The first-order chi connectivity index (χ1) is 8.51. The van der Waals surface area contributed by atoms with E-state index in [4.69, 9.17) is 11.6 Å². The average Bonchev–Trinajstić information content (AvgIpc) is 2.65. The van der Waals surface area contributed by atoms with Crippen LogP contribution in [0, 0.1) is 12.3 Å². The molecule has 1 N–H and O–H groups in total. The van der Waals surface area contributed by atoms with Crippen LogP contribution in [0.2, 0.25) is 5.02 Å². The highest BCUT2D eigenvalue weighted by molar-refractivity contribution is 6.30. The maximum absolute atomic E-state index is 6.09. The summed E-state index contributed by atoms with van der Waals surface area (Å²) in [4.78, 5) is 7.66. The summed E-state index contributed by atoms with van der Waals surface area (Å²) in [7, 11) is 0. The van der Waals surface area contributed by atoms with Crippen molar-refractivity contribution < 1.29 is 0 Å². The Balaban J connectivity index is 1.98. The minimum absolute atomic E-state index is 0.255. The Labute approximate surface area is 112 Å². The van der Waals surface area contributed by atoms with Gasteiger partial charge in [0.05, 0.1) is 12.0 Å². The summed E-state index contributed by atoms with van der Waals surface area (Å²) in [5.41, 5.74) is 3.95. The van der Waals surface area contributed by atoms with Gasteiger partial charge in [0.2, 0.25) is 0 Å². The van der Waals surface area contributed by atoms with Crippen LogP contribution in [-0.4, -0.2) is 9.97 Å². The van der Waals surface area contributed by atoms with Crippen molar-refractivity contribution in [2.75, 3.05) is 0 Å². The van der Waals surface area contributed by atoms with E-state index in [0.29, 0.717) is 11.8 Å². The molecule has 1 fully saturated rings. The molecule has 1 aromatic carbocycles. The molecule has 3 heteroatoms. The molecule has 2 atom stereocenters. The van der Waals surface area contributed by atoms with E-state index in [0.717, 1.165) is 5.02 Å². The molecule has 18 heavy (non-hydrogen) atoms. The van der Waals surface area contributed by atoms with Crippen LogP contribution < -0.4 is 0 Å². The summed E-state index contributed by atoms with van der Waals surface area (Å²) in [6.45, 7) is 6.69. The number of hydrogen-bond donors (Lipinski definition) is 1. The van der Waals surface area contributed by atoms with Crippen LogP contribution in [0.1, 0.15) is 42.6 Å². The summed E-state index contributed by atoms with van der Waals surface area (Å²) in [5, 5.41) is 0.813. The van der Waals surface area contributed by atoms with Crippen LogP contribution in [0.25, 0.3) is 0 Å². The molecule has 2 aromatic rings. The fourth-order valence-corrected chi connectivity index (χ4v) is 3.35. The molecular weight excluding hydrogens is 244 g/mol. The minimum Gasteiger partial charge on any atom is -0.348 e. The predicted molar refractivity (Wildman–Crippen MR) is 74.0 cm³/mol. The Morgan fingerprint density at radius 2 is 2.06 bits per heavy atom. The molecule has 2 unspecified atom stereocenters. The number of H-pyrrole nitrogens is 1. The highest BCUT2D eigenvalue weighted by Crippen LogP contribution is 2.69. The lowest BCUT2D eigenvalue weighted by Gasteiger charge is -2.02. The zero-order valence-electron chi connectivity index (χ0n) is 10.9. The van der Waals surface area contributed by atoms with Crippen LogP contribution in [0.3, 0.4) is 0 Å². The van der Waals surface area contributed by atoms with Gasteiger partial charge in [-0.2, -0.15) is 0 Å². The number of nitrogens with zero attached hydrogens (tertiary/aromatic N) is 1. The number of hydrogen-bond acceptors (Lipinski definition) is 1. The van der Waals surface area contributed by atoms with Crippen LogP contribution >= 0.6 is 11.6 Å². The van der Waals surface area contributed by atoms with Crippen LogP contribution in [0.5, 0.6) is 0 Å². The molecule has 0 spiro atoms. The Kier molecular flexibility index (Phi) is 2.53. The smallest absolute Gasteiger partial charge is 0.0925 e. The molecule has 0 radical (unpaired) electrons. The number of nitrogens with one attached hydrogen (secondary N) is 1. The number of rotatable bonds is 2. The molecule has 1 saturated carbocycles.